The molecule has 1 unspecified atom stereocenters. The van der Waals surface area contributed by atoms with E-state index in [2.05, 4.69) is 21.0 Å². The van der Waals surface area contributed by atoms with Crippen molar-refractivity contribution in [3.63, 3.8) is 0 Å². The number of hydrogen-bond acceptors (Lipinski definition) is 3. The van der Waals surface area contributed by atoms with Gasteiger partial charge in [0, 0.05) is 37.5 Å². The predicted molar refractivity (Wildman–Crippen MR) is 87.0 cm³/mol. The minimum atomic E-state index is 0.123. The molecule has 0 aromatic heterocycles. The fraction of sp³-hybridized carbons (Fsp3) is 0.562. The van der Waals surface area contributed by atoms with Gasteiger partial charge >= 0.3 is 0 Å². The Bertz CT molecular complexity index is 590. The van der Waals surface area contributed by atoms with Crippen LogP contribution < -0.4 is 9.80 Å². The van der Waals surface area contributed by atoms with E-state index in [4.69, 9.17) is 5.53 Å². The Kier molecular flexibility index (Phi) is 4.49. The maximum Gasteiger partial charge on any atom is 0.227 e. The molecule has 1 aromatic rings. The highest BCUT2D eigenvalue weighted by Gasteiger charge is 2.32. The summed E-state index contributed by atoms with van der Waals surface area (Å²) in [7, 11) is 0. The van der Waals surface area contributed by atoms with Crippen molar-refractivity contribution in [2.24, 2.45) is 11.0 Å². The molecule has 6 nitrogen and oxygen atoms in total. The largest absolute Gasteiger partial charge is 0.370 e. The first-order valence-corrected chi connectivity index (χ1v) is 7.95. The van der Waals surface area contributed by atoms with E-state index < -0.39 is 0 Å². The number of rotatable bonds is 4. The summed E-state index contributed by atoms with van der Waals surface area (Å²) in [5.74, 6) is 0.250. The minimum absolute atomic E-state index is 0.123. The van der Waals surface area contributed by atoms with Crippen molar-refractivity contribution in [2.75, 3.05) is 36.0 Å². The number of benzene rings is 1. The Labute approximate surface area is 130 Å². The van der Waals surface area contributed by atoms with Crippen LogP contribution in [-0.4, -0.2) is 32.1 Å². The molecule has 0 radical (unpaired) electrons. The van der Waals surface area contributed by atoms with Crippen LogP contribution in [0.25, 0.3) is 10.4 Å². The van der Waals surface area contributed by atoms with Crippen molar-refractivity contribution in [3.8, 4) is 0 Å². The lowest BCUT2D eigenvalue weighted by atomic mass is 10.1. The number of nitrogens with zero attached hydrogens (tertiary/aromatic N) is 5. The van der Waals surface area contributed by atoms with Gasteiger partial charge in [-0.3, -0.25) is 4.79 Å². The Hall–Kier alpha value is -2.20. The summed E-state index contributed by atoms with van der Waals surface area (Å²) in [4.78, 5) is 19.4. The standard InChI is InChI=1S/C16H21N5O/c17-19-18-11-13-10-16(22)21(12-13)15-7-3-2-6-14(15)20-8-4-1-5-9-20/h2-3,6-7,13H,1,4-5,8-12H2. The quantitative estimate of drug-likeness (QED) is 0.486. The SMILES string of the molecule is [N-]=[N+]=NCC1CC(=O)N(c2ccccc2N2CCCCC2)C1. The number of piperidine rings is 1. The van der Waals surface area contributed by atoms with Crippen LogP contribution in [0.3, 0.4) is 0 Å². The number of anilines is 2. The number of carbonyl (C=O) groups is 1. The minimum Gasteiger partial charge on any atom is -0.370 e. The number of hydrogen-bond donors (Lipinski definition) is 0. The van der Waals surface area contributed by atoms with E-state index in [1.165, 1.54) is 19.3 Å². The van der Waals surface area contributed by atoms with Crippen molar-refractivity contribution >= 4 is 17.3 Å². The molecule has 2 fully saturated rings. The normalized spacial score (nSPS) is 21.8. The highest BCUT2D eigenvalue weighted by Crippen LogP contribution is 2.35. The summed E-state index contributed by atoms with van der Waals surface area (Å²) in [6, 6.07) is 8.15. The van der Waals surface area contributed by atoms with Crippen LogP contribution in [0.5, 0.6) is 0 Å². The van der Waals surface area contributed by atoms with E-state index in [1.54, 1.807) is 0 Å². The van der Waals surface area contributed by atoms with Gasteiger partial charge in [0.1, 0.15) is 0 Å². The van der Waals surface area contributed by atoms with Gasteiger partial charge in [0.25, 0.3) is 0 Å². The van der Waals surface area contributed by atoms with E-state index in [-0.39, 0.29) is 11.8 Å². The lowest BCUT2D eigenvalue weighted by molar-refractivity contribution is -0.117. The van der Waals surface area contributed by atoms with Crippen molar-refractivity contribution in [3.05, 3.63) is 34.7 Å². The topological polar surface area (TPSA) is 72.3 Å². The Morgan fingerprint density at radius 3 is 2.64 bits per heavy atom. The molecule has 1 atom stereocenters. The molecule has 0 N–H and O–H groups in total. The second-order valence-electron chi connectivity index (χ2n) is 6.02. The zero-order valence-corrected chi connectivity index (χ0v) is 12.7. The maximum absolute atomic E-state index is 12.4. The van der Waals surface area contributed by atoms with E-state index >= 15 is 0 Å². The van der Waals surface area contributed by atoms with E-state index in [0.717, 1.165) is 24.5 Å². The second kappa shape index (κ2) is 6.71. The summed E-state index contributed by atoms with van der Waals surface area (Å²) in [6.45, 7) is 3.15. The molecule has 1 aromatic carbocycles. The van der Waals surface area contributed by atoms with Gasteiger partial charge in [-0.15, -0.1) is 0 Å². The third-order valence-corrected chi connectivity index (χ3v) is 4.48. The predicted octanol–water partition coefficient (Wildman–Crippen LogP) is 3.34. The summed E-state index contributed by atoms with van der Waals surface area (Å²) < 4.78 is 0. The molecule has 6 heteroatoms. The lowest BCUT2D eigenvalue weighted by Gasteiger charge is -2.32. The first-order chi connectivity index (χ1) is 10.8. The van der Waals surface area contributed by atoms with Crippen LogP contribution in [0.1, 0.15) is 25.7 Å². The van der Waals surface area contributed by atoms with Crippen molar-refractivity contribution in [2.45, 2.75) is 25.7 Å². The molecular weight excluding hydrogens is 278 g/mol. The highest BCUT2D eigenvalue weighted by molar-refractivity contribution is 5.99. The van der Waals surface area contributed by atoms with Crippen LogP contribution in [0.2, 0.25) is 0 Å². The molecule has 0 aliphatic carbocycles. The zero-order valence-electron chi connectivity index (χ0n) is 12.7. The van der Waals surface area contributed by atoms with Gasteiger partial charge in [0.15, 0.2) is 0 Å². The first kappa shape index (κ1) is 14.7. The average molecular weight is 299 g/mol. The molecule has 116 valence electrons. The van der Waals surface area contributed by atoms with Gasteiger partial charge in [-0.2, -0.15) is 0 Å². The highest BCUT2D eigenvalue weighted by atomic mass is 16.2. The molecule has 0 bridgehead atoms. The van der Waals surface area contributed by atoms with Crippen LogP contribution in [0.4, 0.5) is 11.4 Å². The van der Waals surface area contributed by atoms with Crippen LogP contribution >= 0.6 is 0 Å². The first-order valence-electron chi connectivity index (χ1n) is 7.95. The monoisotopic (exact) mass is 299 g/mol. The average Bonchev–Trinajstić information content (AvgIpc) is 2.94. The summed E-state index contributed by atoms with van der Waals surface area (Å²) >= 11 is 0. The molecule has 2 heterocycles. The van der Waals surface area contributed by atoms with Gasteiger partial charge in [0.05, 0.1) is 11.4 Å². The van der Waals surface area contributed by atoms with Crippen molar-refractivity contribution in [1.82, 2.24) is 0 Å². The fourth-order valence-electron chi connectivity index (χ4n) is 3.38. The van der Waals surface area contributed by atoms with Gasteiger partial charge in [0.2, 0.25) is 5.91 Å². The van der Waals surface area contributed by atoms with Crippen LogP contribution in [-0.2, 0) is 4.79 Å². The number of amides is 1. The van der Waals surface area contributed by atoms with Gasteiger partial charge in [-0.25, -0.2) is 0 Å². The molecule has 3 rings (SSSR count). The number of carbonyl (C=O) groups excluding carboxylic acids is 1. The van der Waals surface area contributed by atoms with Crippen LogP contribution in [0.15, 0.2) is 29.4 Å². The number of para-hydroxylation sites is 2. The fourth-order valence-corrected chi connectivity index (χ4v) is 3.38. The zero-order chi connectivity index (χ0) is 15.4. The van der Waals surface area contributed by atoms with Gasteiger partial charge < -0.3 is 9.80 Å². The van der Waals surface area contributed by atoms with E-state index in [9.17, 15) is 4.79 Å². The second-order valence-corrected chi connectivity index (χ2v) is 6.02. The van der Waals surface area contributed by atoms with E-state index in [1.807, 2.05) is 23.1 Å². The molecule has 0 saturated carbocycles. The number of azide groups is 1. The molecule has 2 saturated heterocycles. The maximum atomic E-state index is 12.4. The molecule has 1 amide bonds. The Balaban J connectivity index is 1.82. The smallest absolute Gasteiger partial charge is 0.227 e. The molecule has 22 heavy (non-hydrogen) atoms. The Morgan fingerprint density at radius 1 is 1.18 bits per heavy atom. The molecule has 2 aliphatic heterocycles. The third-order valence-electron chi connectivity index (χ3n) is 4.48. The third kappa shape index (κ3) is 3.02. The molecule has 2 aliphatic rings. The van der Waals surface area contributed by atoms with Crippen LogP contribution in [0, 0.1) is 5.92 Å². The van der Waals surface area contributed by atoms with Crippen molar-refractivity contribution in [1.29, 1.82) is 0 Å². The molecule has 0 spiro atoms. The van der Waals surface area contributed by atoms with Gasteiger partial charge in [-0.1, -0.05) is 17.2 Å². The molecular formula is C16H21N5O. The summed E-state index contributed by atoms with van der Waals surface area (Å²) in [5.41, 5.74) is 10.6. The summed E-state index contributed by atoms with van der Waals surface area (Å²) in [5, 5.41) is 3.62. The van der Waals surface area contributed by atoms with Gasteiger partial charge in [-0.05, 0) is 42.8 Å². The van der Waals surface area contributed by atoms with E-state index in [0.29, 0.717) is 19.5 Å². The Morgan fingerprint density at radius 2 is 1.91 bits per heavy atom. The summed E-state index contributed by atoms with van der Waals surface area (Å²) in [6.07, 6.45) is 4.17. The lowest BCUT2D eigenvalue weighted by Crippen LogP contribution is -2.33. The van der Waals surface area contributed by atoms with Crippen molar-refractivity contribution < 1.29 is 4.79 Å².